The van der Waals surface area contributed by atoms with Crippen LogP contribution in [0.15, 0.2) is 72.9 Å². The van der Waals surface area contributed by atoms with E-state index in [1.807, 2.05) is 6.20 Å². The number of nitrogens with zero attached hydrogens (tertiary/aromatic N) is 1. The van der Waals surface area contributed by atoms with Crippen molar-refractivity contribution in [3.05, 3.63) is 89.6 Å². The molecule has 0 amide bonds. The van der Waals surface area contributed by atoms with E-state index in [2.05, 4.69) is 110 Å². The molecule has 1 aromatic heterocycles. The molecule has 3 aromatic carbocycles. The fraction of sp³-hybridized carbons (Fsp3) is 0.310. The Morgan fingerprint density at radius 2 is 1.84 bits per heavy atom. The average Bonchev–Trinajstić information content (AvgIpc) is 3.28. The molecule has 1 unspecified atom stereocenters. The zero-order valence-electron chi connectivity index (χ0n) is 19.6. The summed E-state index contributed by atoms with van der Waals surface area (Å²) in [6.07, 6.45) is 3.17. The molecule has 32 heavy (non-hydrogen) atoms. The molecule has 0 aliphatic carbocycles. The molecule has 2 N–H and O–H groups in total. The largest absolute Gasteiger partial charge is 0.367 e. The van der Waals surface area contributed by atoms with Gasteiger partial charge in [0.05, 0.1) is 0 Å². The van der Waals surface area contributed by atoms with Crippen molar-refractivity contribution in [2.45, 2.75) is 45.2 Å². The molecule has 0 saturated heterocycles. The van der Waals surface area contributed by atoms with Crippen LogP contribution in [0, 0.1) is 0 Å². The molecule has 0 saturated carbocycles. The lowest BCUT2D eigenvalue weighted by molar-refractivity contribution is 0.452. The Labute approximate surface area is 191 Å². The van der Waals surface area contributed by atoms with E-state index < -0.39 is 0 Å². The monoisotopic (exact) mass is 423 g/mol. The number of H-pyrrole nitrogens is 1. The molecule has 1 atom stereocenters. The van der Waals surface area contributed by atoms with Gasteiger partial charge in [-0.15, -0.1) is 0 Å². The number of hydrogen-bond donors (Lipinski definition) is 2. The first-order valence-electron chi connectivity index (χ1n) is 11.7. The Hall–Kier alpha value is -3.04. The average molecular weight is 424 g/mol. The number of aromatic amines is 1. The normalized spacial score (nSPS) is 16.2. The summed E-state index contributed by atoms with van der Waals surface area (Å²) in [5.41, 5.74) is 9.52. The van der Waals surface area contributed by atoms with Crippen molar-refractivity contribution in [3.8, 4) is 11.1 Å². The van der Waals surface area contributed by atoms with Gasteiger partial charge < -0.3 is 15.2 Å². The highest BCUT2D eigenvalue weighted by molar-refractivity contribution is 5.86. The SMILES string of the molecule is CNC(C)c1cc2c(cc1-c1ccc3[nH]ccc3c1)C(C)(C)CCN2Cc1ccccc1. The van der Waals surface area contributed by atoms with Gasteiger partial charge in [-0.2, -0.15) is 0 Å². The summed E-state index contributed by atoms with van der Waals surface area (Å²) in [5, 5.41) is 4.75. The molecule has 1 aliphatic rings. The minimum Gasteiger partial charge on any atom is -0.367 e. The Morgan fingerprint density at radius 3 is 2.62 bits per heavy atom. The Morgan fingerprint density at radius 1 is 1.03 bits per heavy atom. The van der Waals surface area contributed by atoms with Crippen LogP contribution in [0.1, 0.15) is 49.9 Å². The van der Waals surface area contributed by atoms with E-state index in [9.17, 15) is 0 Å². The van der Waals surface area contributed by atoms with Crippen molar-refractivity contribution >= 4 is 16.6 Å². The second kappa shape index (κ2) is 8.14. The van der Waals surface area contributed by atoms with Crippen LogP contribution in [0.3, 0.4) is 0 Å². The summed E-state index contributed by atoms with van der Waals surface area (Å²) < 4.78 is 0. The van der Waals surface area contributed by atoms with Gasteiger partial charge in [-0.1, -0.05) is 50.2 Å². The molecule has 0 bridgehead atoms. The number of benzene rings is 3. The van der Waals surface area contributed by atoms with Crippen LogP contribution in [0.2, 0.25) is 0 Å². The highest BCUT2D eigenvalue weighted by Gasteiger charge is 2.33. The van der Waals surface area contributed by atoms with Gasteiger partial charge in [0.25, 0.3) is 0 Å². The zero-order chi connectivity index (χ0) is 22.3. The van der Waals surface area contributed by atoms with Crippen LogP contribution in [0.4, 0.5) is 5.69 Å². The molecule has 3 nitrogen and oxygen atoms in total. The fourth-order valence-corrected chi connectivity index (χ4v) is 5.03. The third kappa shape index (κ3) is 3.71. The van der Waals surface area contributed by atoms with E-state index in [0.717, 1.165) is 19.5 Å². The molecular formula is C29H33N3. The minimum absolute atomic E-state index is 0.150. The van der Waals surface area contributed by atoms with Gasteiger partial charge in [-0.25, -0.2) is 0 Å². The van der Waals surface area contributed by atoms with Crippen molar-refractivity contribution in [2.24, 2.45) is 0 Å². The Bertz CT molecular complexity index is 1240. The number of fused-ring (bicyclic) bond motifs is 2. The predicted octanol–water partition coefficient (Wildman–Crippen LogP) is 6.80. The molecule has 1 aliphatic heterocycles. The van der Waals surface area contributed by atoms with Gasteiger partial charge in [0.2, 0.25) is 0 Å². The minimum atomic E-state index is 0.150. The summed E-state index contributed by atoms with van der Waals surface area (Å²) in [6.45, 7) is 9.08. The number of nitrogens with one attached hydrogen (secondary N) is 2. The van der Waals surface area contributed by atoms with E-state index in [1.54, 1.807) is 0 Å². The maximum absolute atomic E-state index is 3.49. The van der Waals surface area contributed by atoms with Crippen LogP contribution in [-0.4, -0.2) is 18.6 Å². The number of anilines is 1. The molecular weight excluding hydrogens is 390 g/mol. The lowest BCUT2D eigenvalue weighted by atomic mass is 9.75. The van der Waals surface area contributed by atoms with Gasteiger partial charge in [0, 0.05) is 36.5 Å². The van der Waals surface area contributed by atoms with E-state index >= 15 is 0 Å². The Kier molecular flexibility index (Phi) is 5.30. The molecule has 5 rings (SSSR count). The van der Waals surface area contributed by atoms with E-state index in [-0.39, 0.29) is 11.5 Å². The van der Waals surface area contributed by atoms with Crippen LogP contribution in [-0.2, 0) is 12.0 Å². The van der Waals surface area contributed by atoms with Crippen molar-refractivity contribution in [1.82, 2.24) is 10.3 Å². The number of aromatic nitrogens is 1. The smallest absolute Gasteiger partial charge is 0.0454 e. The molecule has 2 heterocycles. The summed E-state index contributed by atoms with van der Waals surface area (Å²) in [7, 11) is 2.05. The summed E-state index contributed by atoms with van der Waals surface area (Å²) in [6, 6.07) is 25.0. The van der Waals surface area contributed by atoms with Gasteiger partial charge in [-0.05, 0) is 89.3 Å². The first kappa shape index (κ1) is 20.8. The lowest BCUT2D eigenvalue weighted by Crippen LogP contribution is -2.37. The first-order chi connectivity index (χ1) is 15.5. The van der Waals surface area contributed by atoms with Crippen molar-refractivity contribution in [2.75, 3.05) is 18.5 Å². The summed E-state index contributed by atoms with van der Waals surface area (Å²) in [4.78, 5) is 5.89. The zero-order valence-corrected chi connectivity index (χ0v) is 19.6. The molecule has 0 radical (unpaired) electrons. The van der Waals surface area contributed by atoms with Crippen molar-refractivity contribution < 1.29 is 0 Å². The van der Waals surface area contributed by atoms with Gasteiger partial charge in [0.15, 0.2) is 0 Å². The molecule has 164 valence electrons. The van der Waals surface area contributed by atoms with E-state index in [1.165, 1.54) is 44.4 Å². The highest BCUT2D eigenvalue weighted by atomic mass is 15.1. The maximum Gasteiger partial charge on any atom is 0.0454 e. The fourth-order valence-electron chi connectivity index (χ4n) is 5.03. The van der Waals surface area contributed by atoms with Gasteiger partial charge in [0.1, 0.15) is 0 Å². The number of hydrogen-bond acceptors (Lipinski definition) is 2. The maximum atomic E-state index is 3.49. The van der Waals surface area contributed by atoms with E-state index in [4.69, 9.17) is 0 Å². The third-order valence-corrected chi connectivity index (χ3v) is 7.22. The topological polar surface area (TPSA) is 31.1 Å². The Balaban J connectivity index is 1.67. The highest BCUT2D eigenvalue weighted by Crippen LogP contribution is 2.45. The van der Waals surface area contributed by atoms with Crippen LogP contribution in [0.5, 0.6) is 0 Å². The molecule has 0 fully saturated rings. The predicted molar refractivity (Wildman–Crippen MR) is 136 cm³/mol. The summed E-state index contributed by atoms with van der Waals surface area (Å²) >= 11 is 0. The van der Waals surface area contributed by atoms with Gasteiger partial charge >= 0.3 is 0 Å². The lowest BCUT2D eigenvalue weighted by Gasteiger charge is -2.41. The third-order valence-electron chi connectivity index (χ3n) is 7.22. The second-order valence-electron chi connectivity index (χ2n) is 9.79. The molecule has 3 heteroatoms. The standard InChI is InChI=1S/C29H33N3/c1-20(30-4)24-18-28-26(17-25(24)22-10-11-27-23(16-22)12-14-31-27)29(2,3)13-15-32(28)19-21-8-6-5-7-9-21/h5-12,14,16-18,20,30-31H,13,15,19H2,1-4H3. The molecule has 4 aromatic rings. The van der Waals surface area contributed by atoms with Gasteiger partial charge in [-0.3, -0.25) is 0 Å². The van der Waals surface area contributed by atoms with Crippen LogP contribution < -0.4 is 10.2 Å². The van der Waals surface area contributed by atoms with Crippen LogP contribution in [0.25, 0.3) is 22.0 Å². The second-order valence-corrected chi connectivity index (χ2v) is 9.79. The first-order valence-corrected chi connectivity index (χ1v) is 11.7. The number of rotatable bonds is 5. The van der Waals surface area contributed by atoms with Crippen molar-refractivity contribution in [3.63, 3.8) is 0 Å². The summed E-state index contributed by atoms with van der Waals surface area (Å²) in [5.74, 6) is 0. The van der Waals surface area contributed by atoms with E-state index in [0.29, 0.717) is 0 Å². The van der Waals surface area contributed by atoms with Crippen molar-refractivity contribution in [1.29, 1.82) is 0 Å². The quantitative estimate of drug-likeness (QED) is 0.370. The van der Waals surface area contributed by atoms with Crippen LogP contribution >= 0.6 is 0 Å². The molecule has 0 spiro atoms.